The summed E-state index contributed by atoms with van der Waals surface area (Å²) < 4.78 is 9.97. The van der Waals surface area contributed by atoms with E-state index in [1.165, 1.54) is 18.9 Å². The van der Waals surface area contributed by atoms with Gasteiger partial charge in [0.25, 0.3) is 0 Å². The van der Waals surface area contributed by atoms with Gasteiger partial charge >= 0.3 is 5.97 Å². The monoisotopic (exact) mass is 295 g/mol. The van der Waals surface area contributed by atoms with Crippen LogP contribution in [0.1, 0.15) is 16.8 Å². The van der Waals surface area contributed by atoms with Crippen LogP contribution in [-0.2, 0) is 14.3 Å². The maximum absolute atomic E-state index is 12.2. The molecule has 1 amide bonds. The van der Waals surface area contributed by atoms with Crippen LogP contribution in [-0.4, -0.2) is 38.5 Å². The molecule has 1 unspecified atom stereocenters. The van der Waals surface area contributed by atoms with Crippen molar-refractivity contribution in [3.05, 3.63) is 23.8 Å². The molecule has 2 rings (SSSR count). The Kier molecular flexibility index (Phi) is 5.03. The van der Waals surface area contributed by atoms with E-state index < -0.39 is 5.97 Å². The Balaban J connectivity index is 2.28. The molecule has 1 aliphatic heterocycles. The van der Waals surface area contributed by atoms with Crippen molar-refractivity contribution in [1.29, 1.82) is 0 Å². The molecule has 1 fully saturated rings. The van der Waals surface area contributed by atoms with Crippen LogP contribution in [0.2, 0.25) is 0 Å². The lowest BCUT2D eigenvalue weighted by atomic mass is 10.1. The minimum absolute atomic E-state index is 0.117. The van der Waals surface area contributed by atoms with Gasteiger partial charge in [-0.25, -0.2) is 4.79 Å². The fraction of sp³-hybridized carbons (Fsp3) is 0.429. The highest BCUT2D eigenvalue weighted by molar-refractivity contribution is 7.98. The van der Waals surface area contributed by atoms with Crippen molar-refractivity contribution >= 4 is 29.3 Å². The smallest absolute Gasteiger partial charge is 0.340 e. The van der Waals surface area contributed by atoms with Gasteiger partial charge in [0.2, 0.25) is 5.91 Å². The van der Waals surface area contributed by atoms with E-state index in [0.717, 1.165) is 4.90 Å². The van der Waals surface area contributed by atoms with Crippen molar-refractivity contribution in [2.45, 2.75) is 11.3 Å². The topological polar surface area (TPSA) is 64.6 Å². The number of carbonyl (C=O) groups is 2. The number of thioether (sulfide) groups is 1. The van der Waals surface area contributed by atoms with Gasteiger partial charge in [-0.3, -0.25) is 4.79 Å². The van der Waals surface area contributed by atoms with Crippen molar-refractivity contribution in [1.82, 2.24) is 0 Å². The van der Waals surface area contributed by atoms with Crippen molar-refractivity contribution in [3.8, 4) is 0 Å². The first kappa shape index (κ1) is 14.9. The first-order valence-electron chi connectivity index (χ1n) is 6.31. The molecule has 1 N–H and O–H groups in total. The molecular formula is C14H17NO4S. The molecule has 1 aliphatic rings. The molecule has 0 bridgehead atoms. The molecule has 5 nitrogen and oxygen atoms in total. The predicted octanol–water partition coefficient (Wildman–Crippen LogP) is 2.17. The number of carbonyl (C=O) groups excluding carboxylic acids is 2. The Bertz CT molecular complexity index is 512. The maximum atomic E-state index is 12.2. The van der Waals surface area contributed by atoms with E-state index in [0.29, 0.717) is 30.9 Å². The van der Waals surface area contributed by atoms with Crippen molar-refractivity contribution in [2.75, 3.05) is 31.9 Å². The van der Waals surface area contributed by atoms with Crippen LogP contribution < -0.4 is 5.32 Å². The van der Waals surface area contributed by atoms with E-state index in [2.05, 4.69) is 5.32 Å². The number of amides is 1. The molecule has 6 heteroatoms. The number of para-hydroxylation sites is 1. The molecule has 20 heavy (non-hydrogen) atoms. The molecule has 1 atom stereocenters. The fourth-order valence-electron chi connectivity index (χ4n) is 2.08. The average molecular weight is 295 g/mol. The zero-order valence-corrected chi connectivity index (χ0v) is 12.3. The summed E-state index contributed by atoms with van der Waals surface area (Å²) in [5.74, 6) is -0.733. The van der Waals surface area contributed by atoms with Crippen LogP contribution in [0, 0.1) is 5.92 Å². The normalized spacial score (nSPS) is 17.8. The van der Waals surface area contributed by atoms with Crippen LogP contribution in [0.5, 0.6) is 0 Å². The summed E-state index contributed by atoms with van der Waals surface area (Å²) in [5.41, 5.74) is 0.885. The van der Waals surface area contributed by atoms with E-state index in [1.54, 1.807) is 12.1 Å². The second-order valence-corrected chi connectivity index (χ2v) is 5.27. The number of nitrogens with one attached hydrogen (secondary N) is 1. The Labute approximate surface area is 122 Å². The lowest BCUT2D eigenvalue weighted by Crippen LogP contribution is -2.24. The second kappa shape index (κ2) is 6.76. The quantitative estimate of drug-likeness (QED) is 0.681. The van der Waals surface area contributed by atoms with Gasteiger partial charge < -0.3 is 14.8 Å². The molecule has 1 heterocycles. The van der Waals surface area contributed by atoms with E-state index >= 15 is 0 Å². The first-order chi connectivity index (χ1) is 9.67. The van der Waals surface area contributed by atoms with Gasteiger partial charge in [-0.05, 0) is 24.8 Å². The van der Waals surface area contributed by atoms with Gasteiger partial charge in [0.1, 0.15) is 0 Å². The van der Waals surface area contributed by atoms with E-state index in [9.17, 15) is 9.59 Å². The molecule has 0 aliphatic carbocycles. The van der Waals surface area contributed by atoms with Gasteiger partial charge in [-0.1, -0.05) is 6.07 Å². The van der Waals surface area contributed by atoms with Gasteiger partial charge in [0.15, 0.2) is 0 Å². The average Bonchev–Trinajstić information content (AvgIpc) is 3.01. The molecule has 0 radical (unpaired) electrons. The highest BCUT2D eigenvalue weighted by Gasteiger charge is 2.26. The molecule has 0 saturated carbocycles. The summed E-state index contributed by atoms with van der Waals surface area (Å²) >= 11 is 1.47. The molecule has 1 aromatic carbocycles. The molecule has 0 aromatic heterocycles. The molecular weight excluding hydrogens is 278 g/mol. The number of rotatable bonds is 4. The first-order valence-corrected chi connectivity index (χ1v) is 7.53. The molecule has 1 saturated heterocycles. The van der Waals surface area contributed by atoms with Crippen LogP contribution in [0.15, 0.2) is 23.1 Å². The summed E-state index contributed by atoms with van der Waals surface area (Å²) in [6.07, 6.45) is 2.60. The number of anilines is 1. The zero-order chi connectivity index (χ0) is 14.5. The third-order valence-corrected chi connectivity index (χ3v) is 3.98. The van der Waals surface area contributed by atoms with Gasteiger partial charge in [-0.2, -0.15) is 0 Å². The Morgan fingerprint density at radius 1 is 1.45 bits per heavy atom. The minimum Gasteiger partial charge on any atom is -0.465 e. The number of ether oxygens (including phenoxy) is 2. The van der Waals surface area contributed by atoms with Crippen LogP contribution in [0.25, 0.3) is 0 Å². The predicted molar refractivity (Wildman–Crippen MR) is 77.1 cm³/mol. The van der Waals surface area contributed by atoms with Gasteiger partial charge in [0, 0.05) is 11.5 Å². The minimum atomic E-state index is -0.459. The van der Waals surface area contributed by atoms with Crippen LogP contribution >= 0.6 is 11.8 Å². The summed E-state index contributed by atoms with van der Waals surface area (Å²) in [6, 6.07) is 5.27. The SMILES string of the molecule is COC(=O)c1cccc(SC)c1NC(=O)C1CCOC1. The number of benzene rings is 1. The second-order valence-electron chi connectivity index (χ2n) is 4.42. The number of esters is 1. The van der Waals surface area contributed by atoms with Gasteiger partial charge in [-0.15, -0.1) is 11.8 Å². The highest BCUT2D eigenvalue weighted by Crippen LogP contribution is 2.30. The number of hydrogen-bond donors (Lipinski definition) is 1. The van der Waals surface area contributed by atoms with Crippen molar-refractivity contribution < 1.29 is 19.1 Å². The third kappa shape index (κ3) is 3.13. The summed E-state index contributed by atoms with van der Waals surface area (Å²) in [4.78, 5) is 24.8. The Morgan fingerprint density at radius 2 is 2.25 bits per heavy atom. The molecule has 0 spiro atoms. The zero-order valence-electron chi connectivity index (χ0n) is 11.5. The highest BCUT2D eigenvalue weighted by atomic mass is 32.2. The molecule has 108 valence electrons. The van der Waals surface area contributed by atoms with Crippen molar-refractivity contribution in [2.24, 2.45) is 5.92 Å². The Morgan fingerprint density at radius 3 is 2.85 bits per heavy atom. The lowest BCUT2D eigenvalue weighted by Gasteiger charge is -2.15. The van der Waals surface area contributed by atoms with E-state index in [1.807, 2.05) is 12.3 Å². The third-order valence-electron chi connectivity index (χ3n) is 3.20. The van der Waals surface area contributed by atoms with Crippen LogP contribution in [0.3, 0.4) is 0 Å². The summed E-state index contributed by atoms with van der Waals surface area (Å²) in [5, 5.41) is 2.85. The number of methoxy groups -OCH3 is 1. The molecule has 1 aromatic rings. The lowest BCUT2D eigenvalue weighted by molar-refractivity contribution is -0.119. The number of hydrogen-bond acceptors (Lipinski definition) is 5. The van der Waals surface area contributed by atoms with E-state index in [4.69, 9.17) is 9.47 Å². The van der Waals surface area contributed by atoms with Crippen molar-refractivity contribution in [3.63, 3.8) is 0 Å². The van der Waals surface area contributed by atoms with Crippen LogP contribution in [0.4, 0.5) is 5.69 Å². The largest absolute Gasteiger partial charge is 0.465 e. The standard InChI is InChI=1S/C14H17NO4S/c1-18-14(17)10-4-3-5-11(20-2)12(10)15-13(16)9-6-7-19-8-9/h3-5,9H,6-8H2,1-2H3,(H,15,16). The maximum Gasteiger partial charge on any atom is 0.340 e. The summed E-state index contributed by atoms with van der Waals surface area (Å²) in [6.45, 7) is 1.03. The Hall–Kier alpha value is -1.53. The summed E-state index contributed by atoms with van der Waals surface area (Å²) in [7, 11) is 1.32. The van der Waals surface area contributed by atoms with Gasteiger partial charge in [0.05, 0.1) is 30.9 Å². The fourth-order valence-corrected chi connectivity index (χ4v) is 2.66. The van der Waals surface area contributed by atoms with E-state index in [-0.39, 0.29) is 11.8 Å².